The van der Waals surface area contributed by atoms with Crippen molar-refractivity contribution in [2.24, 2.45) is 0 Å². The number of piperidine rings is 1. The lowest BCUT2D eigenvalue weighted by Gasteiger charge is -2.36. The molecular formula is C15H19BrN2OS. The number of benzene rings is 1. The lowest BCUT2D eigenvalue weighted by Crippen LogP contribution is -2.41. The second-order valence-electron chi connectivity index (χ2n) is 5.04. The molecular weight excluding hydrogens is 336 g/mol. The molecule has 5 heteroatoms. The first-order valence-corrected chi connectivity index (χ1v) is 8.65. The van der Waals surface area contributed by atoms with E-state index in [2.05, 4.69) is 33.0 Å². The molecule has 1 aromatic carbocycles. The van der Waals surface area contributed by atoms with Crippen LogP contribution in [-0.4, -0.2) is 36.1 Å². The Morgan fingerprint density at radius 3 is 2.70 bits per heavy atom. The third-order valence-corrected chi connectivity index (χ3v) is 5.96. The maximum absolute atomic E-state index is 9.32. The molecule has 1 aromatic rings. The van der Waals surface area contributed by atoms with Gasteiger partial charge < -0.3 is 4.74 Å². The zero-order valence-electron chi connectivity index (χ0n) is 11.9. The van der Waals surface area contributed by atoms with Crippen LogP contribution in [0.5, 0.6) is 5.75 Å². The molecule has 0 atom stereocenters. The van der Waals surface area contributed by atoms with Crippen LogP contribution in [0.15, 0.2) is 22.7 Å². The van der Waals surface area contributed by atoms with Gasteiger partial charge in [0.05, 0.1) is 13.2 Å². The van der Waals surface area contributed by atoms with Crippen molar-refractivity contribution < 1.29 is 4.74 Å². The van der Waals surface area contributed by atoms with Crippen LogP contribution in [-0.2, 0) is 6.54 Å². The second-order valence-corrected chi connectivity index (χ2v) is 7.09. The average Bonchev–Trinajstić information content (AvgIpc) is 2.50. The van der Waals surface area contributed by atoms with Gasteiger partial charge in [-0.3, -0.25) is 4.90 Å². The average molecular weight is 355 g/mol. The molecule has 3 nitrogen and oxygen atoms in total. The van der Waals surface area contributed by atoms with Crippen LogP contribution in [0.1, 0.15) is 18.4 Å². The molecule has 1 heterocycles. The summed E-state index contributed by atoms with van der Waals surface area (Å²) >= 11 is 5.29. The van der Waals surface area contributed by atoms with Gasteiger partial charge >= 0.3 is 0 Å². The summed E-state index contributed by atoms with van der Waals surface area (Å²) < 4.78 is 6.21. The molecule has 0 unspecified atom stereocenters. The van der Waals surface area contributed by atoms with E-state index < -0.39 is 0 Å². The molecule has 0 N–H and O–H groups in total. The molecule has 2 rings (SSSR count). The number of halogens is 1. The van der Waals surface area contributed by atoms with Crippen molar-refractivity contribution in [2.75, 3.05) is 26.5 Å². The van der Waals surface area contributed by atoms with Gasteiger partial charge in [0.1, 0.15) is 10.5 Å². The van der Waals surface area contributed by atoms with E-state index in [0.29, 0.717) is 0 Å². The fraction of sp³-hybridized carbons (Fsp3) is 0.533. The lowest BCUT2D eigenvalue weighted by molar-refractivity contribution is 0.209. The van der Waals surface area contributed by atoms with E-state index in [-0.39, 0.29) is 4.75 Å². The van der Waals surface area contributed by atoms with Gasteiger partial charge in [0.25, 0.3) is 0 Å². The van der Waals surface area contributed by atoms with E-state index in [1.807, 2.05) is 18.4 Å². The Morgan fingerprint density at radius 1 is 1.45 bits per heavy atom. The van der Waals surface area contributed by atoms with E-state index >= 15 is 0 Å². The van der Waals surface area contributed by atoms with Gasteiger partial charge in [-0.2, -0.15) is 5.26 Å². The number of nitrogens with zero attached hydrogens (tertiary/aromatic N) is 2. The number of hydrogen-bond donors (Lipinski definition) is 0. The highest BCUT2D eigenvalue weighted by molar-refractivity contribution is 9.10. The number of ether oxygens (including phenoxy) is 1. The minimum atomic E-state index is -0.178. The molecule has 0 bridgehead atoms. The maximum Gasteiger partial charge on any atom is 0.119 e. The molecule has 0 amide bonds. The van der Waals surface area contributed by atoms with Gasteiger partial charge in [-0.15, -0.1) is 11.8 Å². The lowest BCUT2D eigenvalue weighted by atomic mass is 9.97. The van der Waals surface area contributed by atoms with Gasteiger partial charge in [-0.25, -0.2) is 0 Å². The monoisotopic (exact) mass is 354 g/mol. The smallest absolute Gasteiger partial charge is 0.119 e. The first kappa shape index (κ1) is 15.7. The quantitative estimate of drug-likeness (QED) is 0.826. The second kappa shape index (κ2) is 6.84. The van der Waals surface area contributed by atoms with Crippen LogP contribution in [0.25, 0.3) is 0 Å². The van der Waals surface area contributed by atoms with Crippen molar-refractivity contribution in [2.45, 2.75) is 24.1 Å². The summed E-state index contributed by atoms with van der Waals surface area (Å²) in [5, 5.41) is 9.32. The van der Waals surface area contributed by atoms with Crippen LogP contribution in [0.3, 0.4) is 0 Å². The zero-order valence-corrected chi connectivity index (χ0v) is 14.3. The van der Waals surface area contributed by atoms with Crippen molar-refractivity contribution in [3.05, 3.63) is 28.2 Å². The number of hydrogen-bond acceptors (Lipinski definition) is 4. The van der Waals surface area contributed by atoms with Gasteiger partial charge in [-0.1, -0.05) is 15.9 Å². The van der Waals surface area contributed by atoms with Crippen molar-refractivity contribution >= 4 is 27.7 Å². The molecule has 1 fully saturated rings. The largest absolute Gasteiger partial charge is 0.497 e. The Kier molecular flexibility index (Phi) is 5.36. The topological polar surface area (TPSA) is 36.3 Å². The van der Waals surface area contributed by atoms with E-state index in [1.165, 1.54) is 5.56 Å². The number of likely N-dealkylation sites (tertiary alicyclic amines) is 1. The molecule has 20 heavy (non-hydrogen) atoms. The number of nitriles is 1. The predicted octanol–water partition coefficient (Wildman–Crippen LogP) is 3.68. The number of rotatable bonds is 4. The third kappa shape index (κ3) is 3.49. The maximum atomic E-state index is 9.32. The van der Waals surface area contributed by atoms with Crippen LogP contribution < -0.4 is 4.74 Å². The SMILES string of the molecule is COc1ccc(Br)c(CN2CCC(C#N)(SC)CC2)c1. The highest BCUT2D eigenvalue weighted by atomic mass is 79.9. The van der Waals surface area contributed by atoms with E-state index in [0.717, 1.165) is 42.7 Å². The summed E-state index contributed by atoms with van der Waals surface area (Å²) in [6, 6.07) is 8.55. The molecule has 0 aromatic heterocycles. The Labute approximate surface area is 133 Å². The summed E-state index contributed by atoms with van der Waals surface area (Å²) in [6.45, 7) is 2.84. The zero-order chi connectivity index (χ0) is 14.6. The van der Waals surface area contributed by atoms with Gasteiger partial charge in [-0.05, 0) is 42.9 Å². The number of methoxy groups -OCH3 is 1. The summed E-state index contributed by atoms with van der Waals surface area (Å²) in [6.07, 6.45) is 3.91. The van der Waals surface area contributed by atoms with Gasteiger partial charge in [0.15, 0.2) is 0 Å². The highest BCUT2D eigenvalue weighted by Crippen LogP contribution is 2.34. The first-order chi connectivity index (χ1) is 9.62. The molecule has 0 spiro atoms. The molecule has 0 aliphatic carbocycles. The summed E-state index contributed by atoms with van der Waals surface area (Å²) in [5.74, 6) is 0.885. The van der Waals surface area contributed by atoms with Crippen molar-refractivity contribution in [3.8, 4) is 11.8 Å². The molecule has 1 saturated heterocycles. The summed E-state index contributed by atoms with van der Waals surface area (Å²) in [4.78, 5) is 2.41. The van der Waals surface area contributed by atoms with Gasteiger partial charge in [0.2, 0.25) is 0 Å². The molecule has 0 radical (unpaired) electrons. The molecule has 1 aliphatic heterocycles. The van der Waals surface area contributed by atoms with Crippen molar-refractivity contribution in [3.63, 3.8) is 0 Å². The minimum absolute atomic E-state index is 0.178. The minimum Gasteiger partial charge on any atom is -0.497 e. The van der Waals surface area contributed by atoms with Crippen molar-refractivity contribution in [1.29, 1.82) is 5.26 Å². The molecule has 108 valence electrons. The van der Waals surface area contributed by atoms with Crippen LogP contribution in [0.2, 0.25) is 0 Å². The number of thioether (sulfide) groups is 1. The van der Waals surface area contributed by atoms with Gasteiger partial charge in [0, 0.05) is 24.1 Å². The Hall–Kier alpha value is -0.700. The normalized spacial score (nSPS) is 18.5. The third-order valence-electron chi connectivity index (χ3n) is 3.91. The summed E-state index contributed by atoms with van der Waals surface area (Å²) in [5.41, 5.74) is 1.23. The van der Waals surface area contributed by atoms with E-state index in [4.69, 9.17) is 4.74 Å². The Bertz CT molecular complexity index is 507. The van der Waals surface area contributed by atoms with Crippen LogP contribution in [0, 0.1) is 11.3 Å². The standard InChI is InChI=1S/C15H19BrN2OS/c1-19-13-3-4-14(16)12(9-13)10-18-7-5-15(11-17,20-2)6-8-18/h3-4,9H,5-8,10H2,1-2H3. The molecule has 0 saturated carbocycles. The predicted molar refractivity (Wildman–Crippen MR) is 87.1 cm³/mol. The Morgan fingerprint density at radius 2 is 2.15 bits per heavy atom. The Balaban J connectivity index is 2.01. The van der Waals surface area contributed by atoms with E-state index in [1.54, 1.807) is 18.9 Å². The summed E-state index contributed by atoms with van der Waals surface area (Å²) in [7, 11) is 1.69. The fourth-order valence-corrected chi connectivity index (χ4v) is 3.53. The van der Waals surface area contributed by atoms with Crippen LogP contribution >= 0.6 is 27.7 Å². The van der Waals surface area contributed by atoms with Crippen LogP contribution in [0.4, 0.5) is 0 Å². The highest BCUT2D eigenvalue weighted by Gasteiger charge is 2.33. The first-order valence-electron chi connectivity index (χ1n) is 6.63. The van der Waals surface area contributed by atoms with Crippen molar-refractivity contribution in [1.82, 2.24) is 4.90 Å². The fourth-order valence-electron chi connectivity index (χ4n) is 2.47. The van der Waals surface area contributed by atoms with E-state index in [9.17, 15) is 5.26 Å². The molecule has 1 aliphatic rings.